The molecular formula is C14H17BrClFO. The highest BCUT2D eigenvalue weighted by Gasteiger charge is 2.41. The fraction of sp³-hybridized carbons (Fsp3) is 0.571. The van der Waals surface area contributed by atoms with E-state index in [1.165, 1.54) is 0 Å². The van der Waals surface area contributed by atoms with Gasteiger partial charge in [-0.1, -0.05) is 43.9 Å². The average molecular weight is 336 g/mol. The molecule has 0 heterocycles. The number of hydrogen-bond acceptors (Lipinski definition) is 1. The first-order chi connectivity index (χ1) is 8.50. The van der Waals surface area contributed by atoms with E-state index in [0.29, 0.717) is 16.5 Å². The van der Waals surface area contributed by atoms with Crippen molar-refractivity contribution in [3.63, 3.8) is 0 Å². The van der Waals surface area contributed by atoms with Crippen molar-refractivity contribution < 1.29 is 9.50 Å². The molecule has 2 rings (SSSR count). The maximum absolute atomic E-state index is 14.3. The van der Waals surface area contributed by atoms with Crippen molar-refractivity contribution in [1.29, 1.82) is 0 Å². The highest BCUT2D eigenvalue weighted by molar-refractivity contribution is 9.10. The number of benzene rings is 1. The second kappa shape index (κ2) is 5.48. The summed E-state index contributed by atoms with van der Waals surface area (Å²) in [5.74, 6) is -0.383. The van der Waals surface area contributed by atoms with Crippen LogP contribution in [-0.4, -0.2) is 5.11 Å². The molecule has 0 bridgehead atoms. The molecule has 1 aliphatic carbocycles. The molecule has 1 fully saturated rings. The van der Waals surface area contributed by atoms with Crippen LogP contribution in [0.15, 0.2) is 16.6 Å². The molecule has 0 amide bonds. The molecule has 4 heteroatoms. The molecule has 1 saturated carbocycles. The van der Waals surface area contributed by atoms with Crippen LogP contribution >= 0.6 is 27.5 Å². The van der Waals surface area contributed by atoms with Crippen molar-refractivity contribution in [3.8, 4) is 0 Å². The monoisotopic (exact) mass is 334 g/mol. The zero-order valence-electron chi connectivity index (χ0n) is 10.3. The molecule has 0 aliphatic heterocycles. The van der Waals surface area contributed by atoms with Gasteiger partial charge in [-0.05, 0) is 40.8 Å². The molecule has 1 aliphatic rings. The van der Waals surface area contributed by atoms with Gasteiger partial charge in [-0.2, -0.15) is 0 Å². The summed E-state index contributed by atoms with van der Waals surface area (Å²) in [5.41, 5.74) is -0.719. The van der Waals surface area contributed by atoms with Crippen molar-refractivity contribution >= 4 is 27.5 Å². The average Bonchev–Trinajstić information content (AvgIpc) is 2.36. The summed E-state index contributed by atoms with van der Waals surface area (Å²) in [6, 6.07) is 3.36. The predicted molar refractivity (Wildman–Crippen MR) is 75.3 cm³/mol. The molecule has 100 valence electrons. The summed E-state index contributed by atoms with van der Waals surface area (Å²) < 4.78 is 14.8. The fourth-order valence-corrected chi connectivity index (χ4v) is 3.46. The minimum Gasteiger partial charge on any atom is -0.385 e. The molecule has 1 N–H and O–H groups in total. The zero-order valence-corrected chi connectivity index (χ0v) is 12.7. The standard InChI is InChI=1S/C14H17BrClFO/c1-2-9-5-3-4-8-14(9,18)10-6-7-11(15)12(16)13(10)17/h6-7,9,18H,2-5,8H2,1H3. The summed E-state index contributed by atoms with van der Waals surface area (Å²) in [7, 11) is 0. The zero-order chi connectivity index (χ0) is 13.3. The van der Waals surface area contributed by atoms with Gasteiger partial charge in [-0.3, -0.25) is 0 Å². The van der Waals surface area contributed by atoms with Crippen LogP contribution in [0.1, 0.15) is 44.6 Å². The minimum absolute atomic E-state index is 0.0568. The Morgan fingerprint density at radius 1 is 1.50 bits per heavy atom. The van der Waals surface area contributed by atoms with Gasteiger partial charge in [-0.15, -0.1) is 0 Å². The summed E-state index contributed by atoms with van der Waals surface area (Å²) >= 11 is 9.12. The molecule has 1 aromatic rings. The highest BCUT2D eigenvalue weighted by Crippen LogP contribution is 2.45. The smallest absolute Gasteiger partial charge is 0.149 e. The molecule has 1 aromatic carbocycles. The Balaban J connectivity index is 2.48. The van der Waals surface area contributed by atoms with Gasteiger partial charge in [0.2, 0.25) is 0 Å². The summed E-state index contributed by atoms with van der Waals surface area (Å²) in [6.45, 7) is 2.04. The second-order valence-electron chi connectivity index (χ2n) is 5.00. The van der Waals surface area contributed by atoms with Crippen LogP contribution < -0.4 is 0 Å². The van der Waals surface area contributed by atoms with Crippen LogP contribution in [0.3, 0.4) is 0 Å². The first-order valence-corrected chi connectivity index (χ1v) is 7.54. The van der Waals surface area contributed by atoms with E-state index in [9.17, 15) is 9.50 Å². The lowest BCUT2D eigenvalue weighted by atomic mass is 9.70. The van der Waals surface area contributed by atoms with E-state index >= 15 is 0 Å². The lowest BCUT2D eigenvalue weighted by Gasteiger charge is -2.40. The lowest BCUT2D eigenvalue weighted by Crippen LogP contribution is -2.38. The summed E-state index contributed by atoms with van der Waals surface area (Å²) in [4.78, 5) is 0. The minimum atomic E-state index is -1.07. The first kappa shape index (κ1) is 14.3. The topological polar surface area (TPSA) is 20.2 Å². The highest BCUT2D eigenvalue weighted by atomic mass is 79.9. The maximum Gasteiger partial charge on any atom is 0.149 e. The first-order valence-electron chi connectivity index (χ1n) is 6.37. The summed E-state index contributed by atoms with van der Waals surface area (Å²) in [5, 5.41) is 10.9. The van der Waals surface area contributed by atoms with E-state index in [-0.39, 0.29) is 10.9 Å². The van der Waals surface area contributed by atoms with Crippen LogP contribution in [0, 0.1) is 11.7 Å². The Morgan fingerprint density at radius 3 is 2.89 bits per heavy atom. The third-order valence-electron chi connectivity index (χ3n) is 4.03. The SMILES string of the molecule is CCC1CCCCC1(O)c1ccc(Br)c(Cl)c1F. The van der Waals surface area contributed by atoms with Crippen molar-refractivity contribution in [2.75, 3.05) is 0 Å². The third kappa shape index (κ3) is 2.33. The van der Waals surface area contributed by atoms with E-state index in [1.807, 2.05) is 6.92 Å². The van der Waals surface area contributed by atoms with Crippen LogP contribution in [0.2, 0.25) is 5.02 Å². The lowest BCUT2D eigenvalue weighted by molar-refractivity contribution is -0.0583. The van der Waals surface area contributed by atoms with E-state index < -0.39 is 11.4 Å². The number of rotatable bonds is 2. The molecular weight excluding hydrogens is 319 g/mol. The molecule has 0 radical (unpaired) electrons. The Morgan fingerprint density at radius 2 is 2.22 bits per heavy atom. The largest absolute Gasteiger partial charge is 0.385 e. The summed E-state index contributed by atoms with van der Waals surface area (Å²) in [6.07, 6.45) is 4.44. The van der Waals surface area contributed by atoms with Gasteiger partial charge >= 0.3 is 0 Å². The fourth-order valence-electron chi connectivity index (χ4n) is 2.98. The van der Waals surface area contributed by atoms with Gasteiger partial charge in [0.1, 0.15) is 5.82 Å². The number of hydrogen-bond donors (Lipinski definition) is 1. The maximum atomic E-state index is 14.3. The Labute approximate surface area is 120 Å². The number of aliphatic hydroxyl groups is 1. The molecule has 2 unspecified atom stereocenters. The second-order valence-corrected chi connectivity index (χ2v) is 6.23. The van der Waals surface area contributed by atoms with Crippen molar-refractivity contribution in [1.82, 2.24) is 0 Å². The van der Waals surface area contributed by atoms with E-state index in [2.05, 4.69) is 15.9 Å². The van der Waals surface area contributed by atoms with E-state index in [1.54, 1.807) is 12.1 Å². The van der Waals surface area contributed by atoms with Gasteiger partial charge in [-0.25, -0.2) is 4.39 Å². The molecule has 18 heavy (non-hydrogen) atoms. The normalized spacial score (nSPS) is 28.4. The van der Waals surface area contributed by atoms with Crippen molar-refractivity contribution in [2.45, 2.75) is 44.6 Å². The van der Waals surface area contributed by atoms with Gasteiger partial charge in [0, 0.05) is 10.0 Å². The molecule has 2 atom stereocenters. The predicted octanol–water partition coefficient (Wildman–Crippen LogP) is 5.03. The third-order valence-corrected chi connectivity index (χ3v) is 5.29. The molecule has 0 aromatic heterocycles. The van der Waals surface area contributed by atoms with Gasteiger partial charge in [0.25, 0.3) is 0 Å². The van der Waals surface area contributed by atoms with E-state index in [0.717, 1.165) is 25.7 Å². The molecule has 0 spiro atoms. The van der Waals surface area contributed by atoms with Crippen LogP contribution in [0.4, 0.5) is 4.39 Å². The Bertz CT molecular complexity index is 452. The van der Waals surface area contributed by atoms with Crippen LogP contribution in [0.25, 0.3) is 0 Å². The van der Waals surface area contributed by atoms with Gasteiger partial charge in [0.05, 0.1) is 10.6 Å². The molecule has 0 saturated heterocycles. The van der Waals surface area contributed by atoms with Crippen LogP contribution in [0.5, 0.6) is 0 Å². The van der Waals surface area contributed by atoms with Gasteiger partial charge < -0.3 is 5.11 Å². The Hall–Kier alpha value is -0.120. The number of halogens is 3. The van der Waals surface area contributed by atoms with E-state index in [4.69, 9.17) is 11.6 Å². The van der Waals surface area contributed by atoms with Crippen molar-refractivity contribution in [3.05, 3.63) is 33.0 Å². The quantitative estimate of drug-likeness (QED) is 0.752. The Kier molecular flexibility index (Phi) is 4.35. The molecule has 1 nitrogen and oxygen atoms in total. The van der Waals surface area contributed by atoms with Crippen LogP contribution in [-0.2, 0) is 5.60 Å². The van der Waals surface area contributed by atoms with Gasteiger partial charge in [0.15, 0.2) is 0 Å². The van der Waals surface area contributed by atoms with Crippen molar-refractivity contribution in [2.24, 2.45) is 5.92 Å².